The molecule has 3 amide bonds. The summed E-state index contributed by atoms with van der Waals surface area (Å²) in [5, 5.41) is 9.34. The maximum Gasteiger partial charge on any atom is 0.338 e. The number of hydrogen-bond donors (Lipinski definition) is 3. The van der Waals surface area contributed by atoms with Crippen LogP contribution in [0.2, 0.25) is 0 Å². The molecular formula is C32H32BrFN4O8. The highest BCUT2D eigenvalue weighted by Crippen LogP contribution is 2.36. The lowest BCUT2D eigenvalue weighted by Crippen LogP contribution is -2.45. The summed E-state index contributed by atoms with van der Waals surface area (Å²) in [6.45, 7) is 3.21. The highest BCUT2D eigenvalue weighted by atomic mass is 79.9. The van der Waals surface area contributed by atoms with Gasteiger partial charge in [-0.2, -0.15) is 5.10 Å². The fourth-order valence-electron chi connectivity index (χ4n) is 4.48. The van der Waals surface area contributed by atoms with Crippen molar-refractivity contribution in [3.8, 4) is 23.0 Å². The number of nitrogens with zero attached hydrogens (tertiary/aromatic N) is 1. The van der Waals surface area contributed by atoms with E-state index in [1.54, 1.807) is 56.3 Å². The van der Waals surface area contributed by atoms with Gasteiger partial charge in [-0.15, -0.1) is 0 Å². The van der Waals surface area contributed by atoms with Crippen molar-refractivity contribution >= 4 is 40.1 Å². The first-order valence-electron chi connectivity index (χ1n) is 14.0. The Bertz CT molecular complexity index is 1660. The molecule has 0 aromatic heterocycles. The molecule has 0 fully saturated rings. The third-order valence-corrected chi connectivity index (χ3v) is 7.06. The maximum absolute atomic E-state index is 13.3. The molecule has 0 aliphatic carbocycles. The molecule has 1 heterocycles. The maximum atomic E-state index is 13.3. The summed E-state index contributed by atoms with van der Waals surface area (Å²) >= 11 is 3.42. The van der Waals surface area contributed by atoms with E-state index in [9.17, 15) is 18.8 Å². The molecule has 3 aromatic rings. The van der Waals surface area contributed by atoms with E-state index in [1.165, 1.54) is 32.6 Å². The van der Waals surface area contributed by atoms with Gasteiger partial charge in [0.1, 0.15) is 12.4 Å². The van der Waals surface area contributed by atoms with Gasteiger partial charge in [-0.3, -0.25) is 4.79 Å². The van der Waals surface area contributed by atoms with Crippen LogP contribution in [0.3, 0.4) is 0 Å². The fraction of sp³-hybridized carbons (Fsp3) is 0.250. The fourth-order valence-corrected chi connectivity index (χ4v) is 4.94. The molecule has 14 heteroatoms. The van der Waals surface area contributed by atoms with E-state index in [2.05, 4.69) is 37.1 Å². The van der Waals surface area contributed by atoms with Crippen LogP contribution in [0, 0.1) is 5.82 Å². The van der Waals surface area contributed by atoms with Gasteiger partial charge in [-0.25, -0.2) is 19.4 Å². The van der Waals surface area contributed by atoms with E-state index >= 15 is 0 Å². The Balaban J connectivity index is 1.42. The van der Waals surface area contributed by atoms with Crippen molar-refractivity contribution in [1.82, 2.24) is 16.1 Å². The average Bonchev–Trinajstić information content (AvgIpc) is 3.03. The Kier molecular flexibility index (Phi) is 11.6. The predicted octanol–water partition coefficient (Wildman–Crippen LogP) is 4.90. The van der Waals surface area contributed by atoms with Gasteiger partial charge in [0.2, 0.25) is 0 Å². The molecule has 46 heavy (non-hydrogen) atoms. The van der Waals surface area contributed by atoms with Crippen LogP contribution in [-0.4, -0.2) is 51.6 Å². The number of benzene rings is 3. The zero-order chi connectivity index (χ0) is 33.2. The van der Waals surface area contributed by atoms with E-state index < -0.39 is 30.6 Å². The quantitative estimate of drug-likeness (QED) is 0.130. The van der Waals surface area contributed by atoms with Crippen molar-refractivity contribution in [1.29, 1.82) is 0 Å². The second kappa shape index (κ2) is 15.8. The molecule has 0 spiro atoms. The minimum Gasteiger partial charge on any atom is -0.493 e. The number of hydrogen-bond acceptors (Lipinski definition) is 9. The second-order valence-electron chi connectivity index (χ2n) is 9.72. The van der Waals surface area contributed by atoms with Crippen LogP contribution in [0.4, 0.5) is 9.18 Å². The number of ether oxygens (including phenoxy) is 5. The number of carbonyl (C=O) groups is 3. The third-order valence-electron chi connectivity index (χ3n) is 6.60. The van der Waals surface area contributed by atoms with Gasteiger partial charge in [-0.1, -0.05) is 34.1 Å². The number of nitrogens with one attached hydrogen (secondary N) is 3. The topological polar surface area (TPSA) is 146 Å². The first-order valence-corrected chi connectivity index (χ1v) is 14.8. The minimum atomic E-state index is -0.797. The SMILES string of the molecule is CCOC(=O)C1=C(C)NC(=O)N[C@H]1c1ccc(OCC(=O)N/N=C/c2cc(Br)cc(OC)c2OCc2ccc(F)cc2)c(OC)c1. The van der Waals surface area contributed by atoms with E-state index in [0.29, 0.717) is 32.8 Å². The van der Waals surface area contributed by atoms with Crippen molar-refractivity contribution in [2.45, 2.75) is 26.5 Å². The molecule has 0 saturated carbocycles. The normalized spacial score (nSPS) is 14.3. The van der Waals surface area contributed by atoms with Gasteiger partial charge in [-0.05, 0) is 61.4 Å². The van der Waals surface area contributed by atoms with Gasteiger partial charge in [0.05, 0.1) is 38.7 Å². The number of esters is 1. The Morgan fingerprint density at radius 1 is 1.02 bits per heavy atom. The summed E-state index contributed by atoms with van der Waals surface area (Å²) in [5.74, 6) is -0.169. The molecule has 4 rings (SSSR count). The smallest absolute Gasteiger partial charge is 0.338 e. The van der Waals surface area contributed by atoms with Gasteiger partial charge >= 0.3 is 12.0 Å². The summed E-state index contributed by atoms with van der Waals surface area (Å²) in [5.41, 5.74) is 4.82. The largest absolute Gasteiger partial charge is 0.493 e. The van der Waals surface area contributed by atoms with Crippen LogP contribution in [0.15, 0.2) is 75.4 Å². The molecule has 242 valence electrons. The van der Waals surface area contributed by atoms with Crippen molar-refractivity contribution in [2.24, 2.45) is 5.10 Å². The molecule has 1 atom stereocenters. The number of hydrazone groups is 1. The molecule has 3 N–H and O–H groups in total. The van der Waals surface area contributed by atoms with Crippen LogP contribution >= 0.6 is 15.9 Å². The highest BCUT2D eigenvalue weighted by molar-refractivity contribution is 9.10. The lowest BCUT2D eigenvalue weighted by atomic mass is 9.95. The van der Waals surface area contributed by atoms with Crippen molar-refractivity contribution < 1.29 is 42.5 Å². The number of rotatable bonds is 13. The zero-order valence-corrected chi connectivity index (χ0v) is 27.0. The molecule has 0 unspecified atom stereocenters. The number of halogens is 2. The Morgan fingerprint density at radius 3 is 2.46 bits per heavy atom. The molecular weight excluding hydrogens is 667 g/mol. The molecule has 0 radical (unpaired) electrons. The average molecular weight is 700 g/mol. The van der Waals surface area contributed by atoms with Crippen molar-refractivity contribution in [3.63, 3.8) is 0 Å². The molecule has 1 aliphatic rings. The molecule has 12 nitrogen and oxygen atoms in total. The Morgan fingerprint density at radius 2 is 1.76 bits per heavy atom. The van der Waals surface area contributed by atoms with Gasteiger partial charge < -0.3 is 34.3 Å². The van der Waals surface area contributed by atoms with Crippen LogP contribution < -0.4 is 35.0 Å². The first kappa shape index (κ1) is 33.8. The van der Waals surface area contributed by atoms with Crippen LogP contribution in [0.5, 0.6) is 23.0 Å². The lowest BCUT2D eigenvalue weighted by molar-refractivity contribution is -0.139. The molecule has 3 aromatic carbocycles. The minimum absolute atomic E-state index is 0.143. The molecule has 0 saturated heterocycles. The van der Waals surface area contributed by atoms with Crippen LogP contribution in [0.1, 0.15) is 36.6 Å². The Hall–Kier alpha value is -5.11. The van der Waals surface area contributed by atoms with E-state index in [-0.39, 0.29) is 36.1 Å². The first-order chi connectivity index (χ1) is 22.1. The zero-order valence-electron chi connectivity index (χ0n) is 25.4. The van der Waals surface area contributed by atoms with Crippen LogP contribution in [0.25, 0.3) is 0 Å². The van der Waals surface area contributed by atoms with Gasteiger partial charge in [0, 0.05) is 15.7 Å². The van der Waals surface area contributed by atoms with Gasteiger partial charge in [0.15, 0.2) is 29.6 Å². The summed E-state index contributed by atoms with van der Waals surface area (Å²) in [6, 6.07) is 12.9. The summed E-state index contributed by atoms with van der Waals surface area (Å²) in [4.78, 5) is 37.4. The Labute approximate surface area is 273 Å². The summed E-state index contributed by atoms with van der Waals surface area (Å²) in [6.07, 6.45) is 1.39. The van der Waals surface area contributed by atoms with Crippen molar-refractivity contribution in [2.75, 3.05) is 27.4 Å². The standard InChI is InChI=1S/C32H32BrFN4O8/c1-5-44-31(40)28-18(2)36-32(41)37-29(28)20-8-11-24(25(13-20)42-3)45-17-27(39)38-35-15-21-12-22(33)14-26(43-4)30(21)46-16-19-6-9-23(34)10-7-19/h6-15,29H,5,16-17H2,1-4H3,(H,38,39)(H2,36,37,41)/b35-15+/t29-/m0/s1. The number of carbonyl (C=O) groups excluding carboxylic acids is 3. The summed E-state index contributed by atoms with van der Waals surface area (Å²) < 4.78 is 41.7. The van der Waals surface area contributed by atoms with E-state index in [0.717, 1.165) is 5.56 Å². The highest BCUT2D eigenvalue weighted by Gasteiger charge is 2.32. The van der Waals surface area contributed by atoms with Gasteiger partial charge in [0.25, 0.3) is 5.91 Å². The number of urea groups is 1. The lowest BCUT2D eigenvalue weighted by Gasteiger charge is -2.28. The van der Waals surface area contributed by atoms with Crippen LogP contribution in [-0.2, 0) is 20.9 Å². The van der Waals surface area contributed by atoms with E-state index in [1.807, 2.05) is 0 Å². The molecule has 1 aliphatic heterocycles. The monoisotopic (exact) mass is 698 g/mol. The number of methoxy groups -OCH3 is 2. The predicted molar refractivity (Wildman–Crippen MR) is 169 cm³/mol. The number of allylic oxidation sites excluding steroid dienone is 1. The number of amides is 3. The second-order valence-corrected chi connectivity index (χ2v) is 10.6. The third kappa shape index (κ3) is 8.53. The molecule has 0 bridgehead atoms. The van der Waals surface area contributed by atoms with Crippen molar-refractivity contribution in [3.05, 3.63) is 92.8 Å². The van der Waals surface area contributed by atoms with E-state index in [4.69, 9.17) is 23.7 Å². The summed E-state index contributed by atoms with van der Waals surface area (Å²) in [7, 11) is 2.92.